The van der Waals surface area contributed by atoms with Gasteiger partial charge >= 0.3 is 0 Å². The van der Waals surface area contributed by atoms with E-state index in [9.17, 15) is 4.79 Å². The molecule has 0 unspecified atom stereocenters. The van der Waals surface area contributed by atoms with E-state index in [0.29, 0.717) is 16.5 Å². The van der Waals surface area contributed by atoms with Gasteiger partial charge in [-0.1, -0.05) is 74.0 Å². The van der Waals surface area contributed by atoms with Crippen LogP contribution < -0.4 is 5.32 Å². The molecule has 0 saturated carbocycles. The molecule has 0 aliphatic heterocycles. The van der Waals surface area contributed by atoms with Crippen molar-refractivity contribution < 1.29 is 4.79 Å². The van der Waals surface area contributed by atoms with Gasteiger partial charge in [0, 0.05) is 23.5 Å². The van der Waals surface area contributed by atoms with Gasteiger partial charge in [-0.05, 0) is 54.5 Å². The number of nitrogens with zero attached hydrogens (tertiary/aromatic N) is 1. The number of aromatic nitrogens is 1. The second-order valence-corrected chi connectivity index (χ2v) is 8.15. The minimum absolute atomic E-state index is 0.0285. The first-order chi connectivity index (χ1) is 14.0. The van der Waals surface area contributed by atoms with Crippen LogP contribution in [0.4, 0.5) is 0 Å². The Morgan fingerprint density at radius 3 is 2.41 bits per heavy atom. The Morgan fingerprint density at radius 2 is 1.72 bits per heavy atom. The molecular formula is C25H27ClN2O. The van der Waals surface area contributed by atoms with E-state index in [1.807, 2.05) is 66.7 Å². The number of amides is 1. The molecule has 3 aromatic rings. The fraction of sp³-hybridized carbons (Fsp3) is 0.280. The Kier molecular flexibility index (Phi) is 7.42. The highest BCUT2D eigenvalue weighted by Crippen LogP contribution is 2.24. The summed E-state index contributed by atoms with van der Waals surface area (Å²) in [5, 5.41) is 3.90. The van der Waals surface area contributed by atoms with Crippen LogP contribution in [0.15, 0.2) is 72.9 Å². The van der Waals surface area contributed by atoms with Crippen LogP contribution in [0.3, 0.4) is 0 Å². The van der Waals surface area contributed by atoms with Crippen molar-refractivity contribution in [1.82, 2.24) is 10.3 Å². The SMILES string of the molecule is CC(C)C[C@@H](CCc1ccc(Cl)cn1)NC(=O)c1ccccc1-c1ccccc1. The van der Waals surface area contributed by atoms with E-state index in [-0.39, 0.29) is 11.9 Å². The minimum atomic E-state index is -0.0285. The molecule has 3 rings (SSSR count). The predicted molar refractivity (Wildman–Crippen MR) is 120 cm³/mol. The van der Waals surface area contributed by atoms with Crippen LogP contribution in [0.1, 0.15) is 42.7 Å². The van der Waals surface area contributed by atoms with Crippen molar-refractivity contribution in [3.8, 4) is 11.1 Å². The number of hydrogen-bond donors (Lipinski definition) is 1. The molecular weight excluding hydrogens is 380 g/mol. The summed E-state index contributed by atoms with van der Waals surface area (Å²) in [6, 6.07) is 21.7. The minimum Gasteiger partial charge on any atom is -0.349 e. The second-order valence-electron chi connectivity index (χ2n) is 7.72. The molecule has 0 bridgehead atoms. The van der Waals surface area contributed by atoms with E-state index in [1.54, 1.807) is 6.20 Å². The van der Waals surface area contributed by atoms with Gasteiger partial charge in [0.05, 0.1) is 5.02 Å². The zero-order valence-electron chi connectivity index (χ0n) is 16.9. The summed E-state index contributed by atoms with van der Waals surface area (Å²) in [6.45, 7) is 4.36. The molecule has 0 aliphatic rings. The molecule has 1 aromatic heterocycles. The molecule has 4 heteroatoms. The van der Waals surface area contributed by atoms with Gasteiger partial charge in [-0.15, -0.1) is 0 Å². The summed E-state index contributed by atoms with van der Waals surface area (Å²) < 4.78 is 0. The van der Waals surface area contributed by atoms with Crippen LogP contribution >= 0.6 is 11.6 Å². The summed E-state index contributed by atoms with van der Waals surface area (Å²) in [6.07, 6.45) is 4.23. The molecule has 2 aromatic carbocycles. The van der Waals surface area contributed by atoms with Crippen LogP contribution in [-0.2, 0) is 6.42 Å². The second kappa shape index (κ2) is 10.2. The molecule has 0 aliphatic carbocycles. The van der Waals surface area contributed by atoms with Crippen molar-refractivity contribution in [2.24, 2.45) is 5.92 Å². The van der Waals surface area contributed by atoms with Gasteiger partial charge < -0.3 is 5.32 Å². The fourth-order valence-electron chi connectivity index (χ4n) is 3.51. The van der Waals surface area contributed by atoms with Crippen molar-refractivity contribution >= 4 is 17.5 Å². The molecule has 0 saturated heterocycles. The standard InChI is InChI=1S/C25H27ClN2O/c1-18(2)16-22(15-14-21-13-12-20(26)17-27-21)28-25(29)24-11-7-6-10-23(24)19-8-4-3-5-9-19/h3-13,17-18,22H,14-16H2,1-2H3,(H,28,29)/t22-/m1/s1. The Balaban J connectivity index is 1.74. The highest BCUT2D eigenvalue weighted by molar-refractivity contribution is 6.30. The largest absolute Gasteiger partial charge is 0.349 e. The lowest BCUT2D eigenvalue weighted by Gasteiger charge is -2.21. The third-order valence-corrected chi connectivity index (χ3v) is 5.11. The van der Waals surface area contributed by atoms with Gasteiger partial charge in [-0.2, -0.15) is 0 Å². The average molecular weight is 407 g/mol. The molecule has 29 heavy (non-hydrogen) atoms. The third-order valence-electron chi connectivity index (χ3n) is 4.89. The third kappa shape index (κ3) is 6.16. The molecule has 1 amide bonds. The van der Waals surface area contributed by atoms with E-state index in [0.717, 1.165) is 36.1 Å². The predicted octanol–water partition coefficient (Wildman–Crippen LogP) is 6.18. The number of rotatable bonds is 8. The topological polar surface area (TPSA) is 42.0 Å². The maximum absolute atomic E-state index is 13.1. The summed E-state index contributed by atoms with van der Waals surface area (Å²) in [5.41, 5.74) is 3.69. The average Bonchev–Trinajstić information content (AvgIpc) is 2.73. The molecule has 1 N–H and O–H groups in total. The van der Waals surface area contributed by atoms with E-state index >= 15 is 0 Å². The van der Waals surface area contributed by atoms with E-state index in [1.165, 1.54) is 0 Å². The normalized spacial score (nSPS) is 12.0. The van der Waals surface area contributed by atoms with Crippen molar-refractivity contribution in [3.63, 3.8) is 0 Å². The monoisotopic (exact) mass is 406 g/mol. The number of carbonyl (C=O) groups excluding carboxylic acids is 1. The van der Waals surface area contributed by atoms with Crippen LogP contribution in [0.2, 0.25) is 5.02 Å². The van der Waals surface area contributed by atoms with Crippen molar-refractivity contribution in [2.75, 3.05) is 0 Å². The van der Waals surface area contributed by atoms with Gasteiger partial charge in [0.15, 0.2) is 0 Å². The summed E-state index contributed by atoms with van der Waals surface area (Å²) in [5.74, 6) is 0.460. The maximum Gasteiger partial charge on any atom is 0.252 e. The van der Waals surface area contributed by atoms with Crippen LogP contribution in [0.5, 0.6) is 0 Å². The Hall–Kier alpha value is -2.65. The van der Waals surface area contributed by atoms with E-state index in [2.05, 4.69) is 24.1 Å². The van der Waals surface area contributed by atoms with E-state index in [4.69, 9.17) is 11.6 Å². The molecule has 0 radical (unpaired) electrons. The number of hydrogen-bond acceptors (Lipinski definition) is 2. The number of carbonyl (C=O) groups is 1. The van der Waals surface area contributed by atoms with Gasteiger partial charge in [-0.3, -0.25) is 9.78 Å². The fourth-order valence-corrected chi connectivity index (χ4v) is 3.62. The number of halogens is 1. The molecule has 0 spiro atoms. The van der Waals surface area contributed by atoms with Gasteiger partial charge in [0.2, 0.25) is 0 Å². The number of pyridine rings is 1. The Labute approximate surface area is 178 Å². The Bertz CT molecular complexity index is 923. The highest BCUT2D eigenvalue weighted by Gasteiger charge is 2.18. The lowest BCUT2D eigenvalue weighted by atomic mass is 9.96. The van der Waals surface area contributed by atoms with Gasteiger partial charge in [-0.25, -0.2) is 0 Å². The van der Waals surface area contributed by atoms with Crippen LogP contribution in [-0.4, -0.2) is 16.9 Å². The first-order valence-corrected chi connectivity index (χ1v) is 10.5. The van der Waals surface area contributed by atoms with Gasteiger partial charge in [0.1, 0.15) is 0 Å². The zero-order chi connectivity index (χ0) is 20.6. The van der Waals surface area contributed by atoms with Crippen LogP contribution in [0, 0.1) is 5.92 Å². The molecule has 1 heterocycles. The molecule has 3 nitrogen and oxygen atoms in total. The molecule has 150 valence electrons. The van der Waals surface area contributed by atoms with Gasteiger partial charge in [0.25, 0.3) is 5.91 Å². The summed E-state index contributed by atoms with van der Waals surface area (Å²) in [4.78, 5) is 17.5. The number of nitrogens with one attached hydrogen (secondary N) is 1. The first kappa shape index (κ1) is 21.1. The van der Waals surface area contributed by atoms with Crippen molar-refractivity contribution in [3.05, 3.63) is 89.2 Å². The van der Waals surface area contributed by atoms with E-state index < -0.39 is 0 Å². The Morgan fingerprint density at radius 1 is 1.00 bits per heavy atom. The summed E-state index contributed by atoms with van der Waals surface area (Å²) >= 11 is 5.93. The zero-order valence-corrected chi connectivity index (χ0v) is 17.7. The highest BCUT2D eigenvalue weighted by atomic mass is 35.5. The lowest BCUT2D eigenvalue weighted by Crippen LogP contribution is -2.36. The summed E-state index contributed by atoms with van der Waals surface area (Å²) in [7, 11) is 0. The number of benzene rings is 2. The lowest BCUT2D eigenvalue weighted by molar-refractivity contribution is 0.0930. The number of aryl methyl sites for hydroxylation is 1. The van der Waals surface area contributed by atoms with Crippen molar-refractivity contribution in [2.45, 2.75) is 39.2 Å². The molecule has 1 atom stereocenters. The first-order valence-electron chi connectivity index (χ1n) is 10.1. The quantitative estimate of drug-likeness (QED) is 0.485. The van der Waals surface area contributed by atoms with Crippen LogP contribution in [0.25, 0.3) is 11.1 Å². The maximum atomic E-state index is 13.1. The molecule has 0 fully saturated rings. The van der Waals surface area contributed by atoms with Crippen molar-refractivity contribution in [1.29, 1.82) is 0 Å². The smallest absolute Gasteiger partial charge is 0.252 e.